The maximum Gasteiger partial charge on any atom is 0.240 e. The Hall–Kier alpha value is -1.93. The van der Waals surface area contributed by atoms with E-state index in [1.807, 2.05) is 0 Å². The fourth-order valence-corrected chi connectivity index (χ4v) is 2.51. The van der Waals surface area contributed by atoms with Crippen molar-refractivity contribution in [2.45, 2.75) is 19.2 Å². The second-order valence-corrected chi connectivity index (χ2v) is 5.99. The molecule has 0 spiro atoms. The van der Waals surface area contributed by atoms with E-state index in [0.29, 0.717) is 47.0 Å². The van der Waals surface area contributed by atoms with Gasteiger partial charge in [-0.1, -0.05) is 28.4 Å². The van der Waals surface area contributed by atoms with Gasteiger partial charge in [-0.2, -0.15) is 10.1 Å². The van der Waals surface area contributed by atoms with E-state index in [2.05, 4.69) is 20.6 Å². The van der Waals surface area contributed by atoms with Crippen molar-refractivity contribution in [2.24, 2.45) is 0 Å². The molecule has 24 heavy (non-hydrogen) atoms. The highest BCUT2D eigenvalue weighted by Gasteiger charge is 2.13. The first-order valence-electron chi connectivity index (χ1n) is 7.26. The van der Waals surface area contributed by atoms with Crippen LogP contribution in [-0.4, -0.2) is 37.7 Å². The second-order valence-electron chi connectivity index (χ2n) is 5.15. The molecule has 2 N–H and O–H groups in total. The normalized spacial score (nSPS) is 12.5. The molecular weight excluding hydrogens is 353 g/mol. The molecule has 1 aromatic carbocycles. The third-order valence-electron chi connectivity index (χ3n) is 3.25. The Balaban J connectivity index is 1.53. The number of hydrogen-bond donors (Lipinski definition) is 2. The van der Waals surface area contributed by atoms with Gasteiger partial charge >= 0.3 is 0 Å². The van der Waals surface area contributed by atoms with Gasteiger partial charge in [-0.05, 0) is 24.3 Å². The van der Waals surface area contributed by atoms with Crippen LogP contribution in [0.15, 0.2) is 41.2 Å². The van der Waals surface area contributed by atoms with Crippen molar-refractivity contribution in [2.75, 3.05) is 6.54 Å². The molecule has 0 radical (unpaired) electrons. The van der Waals surface area contributed by atoms with Crippen LogP contribution >= 0.6 is 23.2 Å². The van der Waals surface area contributed by atoms with Crippen molar-refractivity contribution in [3.63, 3.8) is 0 Å². The van der Waals surface area contributed by atoms with Crippen LogP contribution in [0, 0.1) is 0 Å². The molecular formula is C15H15Cl2N5O2. The monoisotopic (exact) mass is 367 g/mol. The first kappa shape index (κ1) is 16.9. The number of aliphatic hydroxyl groups excluding tert-OH is 1. The molecule has 3 rings (SSSR count). The maximum absolute atomic E-state index is 9.93. The summed E-state index contributed by atoms with van der Waals surface area (Å²) in [4.78, 5) is 4.27. The molecule has 2 heterocycles. The van der Waals surface area contributed by atoms with Gasteiger partial charge < -0.3 is 14.9 Å². The van der Waals surface area contributed by atoms with Gasteiger partial charge in [0.25, 0.3) is 0 Å². The van der Waals surface area contributed by atoms with Gasteiger partial charge in [-0.3, -0.25) is 4.68 Å². The lowest BCUT2D eigenvalue weighted by atomic mass is 10.2. The summed E-state index contributed by atoms with van der Waals surface area (Å²) in [6.07, 6.45) is 2.89. The summed E-state index contributed by atoms with van der Waals surface area (Å²) in [5, 5.41) is 22.0. The van der Waals surface area contributed by atoms with Crippen LogP contribution in [0.3, 0.4) is 0 Å². The van der Waals surface area contributed by atoms with Gasteiger partial charge in [0.2, 0.25) is 11.7 Å². The van der Waals surface area contributed by atoms with Crippen molar-refractivity contribution in [3.05, 3.63) is 52.6 Å². The zero-order valence-corrected chi connectivity index (χ0v) is 14.1. The molecule has 0 bridgehead atoms. The molecule has 0 amide bonds. The first-order chi connectivity index (χ1) is 11.6. The quantitative estimate of drug-likeness (QED) is 0.666. The van der Waals surface area contributed by atoms with Gasteiger partial charge in [0, 0.05) is 29.5 Å². The molecule has 0 aliphatic heterocycles. The van der Waals surface area contributed by atoms with E-state index in [0.717, 1.165) is 0 Å². The topological polar surface area (TPSA) is 89.0 Å². The minimum Gasteiger partial charge on any atom is -0.390 e. The third kappa shape index (κ3) is 4.33. The number of hydrogen-bond acceptors (Lipinski definition) is 6. The zero-order chi connectivity index (χ0) is 16.9. The van der Waals surface area contributed by atoms with E-state index < -0.39 is 6.10 Å². The van der Waals surface area contributed by atoms with E-state index in [-0.39, 0.29) is 0 Å². The van der Waals surface area contributed by atoms with Gasteiger partial charge in [0.1, 0.15) is 0 Å². The lowest BCUT2D eigenvalue weighted by Gasteiger charge is -2.10. The fraction of sp³-hybridized carbons (Fsp3) is 0.267. The predicted molar refractivity (Wildman–Crippen MR) is 89.7 cm³/mol. The first-order valence-corrected chi connectivity index (χ1v) is 8.01. The van der Waals surface area contributed by atoms with Crippen LogP contribution in [0.4, 0.5) is 0 Å². The van der Waals surface area contributed by atoms with Crippen molar-refractivity contribution in [1.82, 2.24) is 25.2 Å². The smallest absolute Gasteiger partial charge is 0.240 e. The van der Waals surface area contributed by atoms with Gasteiger partial charge in [0.05, 0.1) is 24.2 Å². The Morgan fingerprint density at radius 1 is 1.33 bits per heavy atom. The predicted octanol–water partition coefficient (Wildman–Crippen LogP) is 2.39. The highest BCUT2D eigenvalue weighted by atomic mass is 35.5. The minimum atomic E-state index is -0.574. The summed E-state index contributed by atoms with van der Waals surface area (Å²) in [7, 11) is 0. The highest BCUT2D eigenvalue weighted by Crippen LogP contribution is 2.28. The van der Waals surface area contributed by atoms with Crippen LogP contribution in [0.1, 0.15) is 5.89 Å². The van der Waals surface area contributed by atoms with Crippen molar-refractivity contribution >= 4 is 23.2 Å². The average Bonchev–Trinajstić information content (AvgIpc) is 3.21. The number of nitrogens with one attached hydrogen (secondary N) is 1. The highest BCUT2D eigenvalue weighted by molar-refractivity contribution is 6.35. The molecule has 0 saturated heterocycles. The molecule has 0 fully saturated rings. The number of aliphatic hydroxyl groups is 1. The largest absolute Gasteiger partial charge is 0.390 e. The summed E-state index contributed by atoms with van der Waals surface area (Å²) in [6, 6.07) is 6.86. The van der Waals surface area contributed by atoms with E-state index >= 15 is 0 Å². The lowest BCUT2D eigenvalue weighted by Crippen LogP contribution is -2.30. The van der Waals surface area contributed by atoms with E-state index in [1.54, 1.807) is 41.3 Å². The van der Waals surface area contributed by atoms with Crippen molar-refractivity contribution < 1.29 is 9.63 Å². The van der Waals surface area contributed by atoms with Gasteiger partial charge in [0.15, 0.2) is 0 Å². The van der Waals surface area contributed by atoms with Crippen molar-refractivity contribution in [1.29, 1.82) is 0 Å². The number of benzene rings is 1. The Morgan fingerprint density at radius 2 is 2.21 bits per heavy atom. The molecule has 9 heteroatoms. The summed E-state index contributed by atoms with van der Waals surface area (Å²) < 4.78 is 6.84. The Morgan fingerprint density at radius 3 is 3.00 bits per heavy atom. The standard InChI is InChI=1S/C15H15Cl2N5O2/c16-10-2-3-13(17)12(6-10)15-20-14(24-21-15)8-18-7-11(23)9-22-5-1-4-19-22/h1-6,11,18,23H,7-9H2. The number of rotatable bonds is 7. The zero-order valence-electron chi connectivity index (χ0n) is 12.6. The summed E-state index contributed by atoms with van der Waals surface area (Å²) in [5.41, 5.74) is 0.609. The van der Waals surface area contributed by atoms with Crippen LogP contribution < -0.4 is 5.32 Å². The fourth-order valence-electron chi connectivity index (χ4n) is 2.14. The SMILES string of the molecule is OC(CNCc1nc(-c2cc(Cl)ccc2Cl)no1)Cn1cccn1. The van der Waals surface area contributed by atoms with Crippen LogP contribution in [0.25, 0.3) is 11.4 Å². The Kier molecular flexibility index (Phi) is 5.47. The molecule has 1 unspecified atom stereocenters. The Labute approximate surface area is 148 Å². The molecule has 3 aromatic rings. The number of halogens is 2. The van der Waals surface area contributed by atoms with Crippen LogP contribution in [0.5, 0.6) is 0 Å². The van der Waals surface area contributed by atoms with Gasteiger partial charge in [-0.25, -0.2) is 0 Å². The van der Waals surface area contributed by atoms with E-state index in [1.165, 1.54) is 0 Å². The van der Waals surface area contributed by atoms with E-state index in [4.69, 9.17) is 27.7 Å². The van der Waals surface area contributed by atoms with Crippen LogP contribution in [0.2, 0.25) is 10.0 Å². The summed E-state index contributed by atoms with van der Waals surface area (Å²) in [5.74, 6) is 0.767. The second kappa shape index (κ2) is 7.76. The van der Waals surface area contributed by atoms with Crippen molar-refractivity contribution in [3.8, 4) is 11.4 Å². The number of aromatic nitrogens is 4. The lowest BCUT2D eigenvalue weighted by molar-refractivity contribution is 0.145. The number of nitrogens with zero attached hydrogens (tertiary/aromatic N) is 4. The Bertz CT molecular complexity index is 791. The third-order valence-corrected chi connectivity index (χ3v) is 3.82. The average molecular weight is 368 g/mol. The summed E-state index contributed by atoms with van der Waals surface area (Å²) >= 11 is 12.1. The van der Waals surface area contributed by atoms with Gasteiger partial charge in [-0.15, -0.1) is 0 Å². The maximum atomic E-state index is 9.93. The molecule has 0 saturated carbocycles. The minimum absolute atomic E-state index is 0.335. The van der Waals surface area contributed by atoms with Crippen LogP contribution in [-0.2, 0) is 13.1 Å². The molecule has 0 aliphatic carbocycles. The molecule has 7 nitrogen and oxygen atoms in total. The summed E-state index contributed by atoms with van der Waals surface area (Å²) in [6.45, 7) is 1.12. The molecule has 1 atom stereocenters. The molecule has 2 aromatic heterocycles. The van der Waals surface area contributed by atoms with E-state index in [9.17, 15) is 5.11 Å². The molecule has 126 valence electrons. The molecule has 0 aliphatic rings.